The first-order valence-electron chi connectivity index (χ1n) is 10.0. The molecule has 0 unspecified atom stereocenters. The maximum Gasteiger partial charge on any atom is 0.411 e. The monoisotopic (exact) mass is 521 g/mol. The lowest BCUT2D eigenvalue weighted by Crippen LogP contribution is -2.37. The molecule has 2 aromatic rings. The van der Waals surface area contributed by atoms with Gasteiger partial charge in [0.05, 0.1) is 25.5 Å². The molecule has 3 N–H and O–H groups in total. The number of aromatic nitrogens is 2. The fourth-order valence-corrected chi connectivity index (χ4v) is 3.25. The smallest absolute Gasteiger partial charge is 0.411 e. The number of ether oxygens (including phenoxy) is 2. The van der Waals surface area contributed by atoms with E-state index >= 15 is 0 Å². The van der Waals surface area contributed by atoms with E-state index in [9.17, 15) is 9.18 Å². The van der Waals surface area contributed by atoms with Crippen molar-refractivity contribution in [2.45, 2.75) is 10.7 Å². The summed E-state index contributed by atoms with van der Waals surface area (Å²) in [6, 6.07) is 4.44. The number of carbonyl (C=O) groups excluding carboxylic acids is 1. The zero-order valence-electron chi connectivity index (χ0n) is 17.7. The summed E-state index contributed by atoms with van der Waals surface area (Å²) in [4.78, 5) is 23.2. The van der Waals surface area contributed by atoms with Crippen molar-refractivity contribution in [1.82, 2.24) is 9.97 Å². The zero-order valence-corrected chi connectivity index (χ0v) is 20.0. The molecule has 9 nitrogen and oxygen atoms in total. The van der Waals surface area contributed by atoms with Gasteiger partial charge in [-0.3, -0.25) is 5.32 Å². The van der Waals surface area contributed by atoms with Crippen molar-refractivity contribution < 1.29 is 23.8 Å². The number of amides is 1. The number of morpholine rings is 1. The summed E-state index contributed by atoms with van der Waals surface area (Å²) in [5, 5.41) is 14.5. The van der Waals surface area contributed by atoms with Crippen molar-refractivity contribution in [3.63, 3.8) is 0 Å². The molecule has 1 aromatic heterocycles. The number of halogens is 4. The number of nitrogens with one attached hydrogen (secondary N) is 2. The largest absolute Gasteiger partial charge is 0.445 e. The summed E-state index contributed by atoms with van der Waals surface area (Å²) in [7, 11) is 0. The van der Waals surface area contributed by atoms with Crippen LogP contribution in [0.2, 0.25) is 0 Å². The molecular formula is C20H23Cl3FN5O4. The van der Waals surface area contributed by atoms with Gasteiger partial charge in [-0.25, -0.2) is 19.2 Å². The minimum atomic E-state index is -1.79. The van der Waals surface area contributed by atoms with E-state index < -0.39 is 22.3 Å². The molecule has 180 valence electrons. The number of aryl methyl sites for hydroxylation is 1. The summed E-state index contributed by atoms with van der Waals surface area (Å²) in [5.74, 6) is 0.791. The first kappa shape index (κ1) is 25.5. The summed E-state index contributed by atoms with van der Waals surface area (Å²) in [6.07, 6.45) is -0.983. The van der Waals surface area contributed by atoms with E-state index in [1.807, 2.05) is 4.90 Å². The molecule has 1 aliphatic heterocycles. The summed E-state index contributed by atoms with van der Waals surface area (Å²) in [6.45, 7) is 3.86. The van der Waals surface area contributed by atoms with Gasteiger partial charge in [-0.15, -0.1) is 0 Å². The van der Waals surface area contributed by atoms with E-state index in [2.05, 4.69) is 20.6 Å². The number of alkyl halides is 3. The Bertz CT molecular complexity index is 987. The van der Waals surface area contributed by atoms with Gasteiger partial charge < -0.3 is 24.8 Å². The van der Waals surface area contributed by atoms with Gasteiger partial charge in [0.25, 0.3) is 0 Å². The van der Waals surface area contributed by atoms with Crippen molar-refractivity contribution in [1.29, 1.82) is 0 Å². The maximum atomic E-state index is 14.5. The van der Waals surface area contributed by atoms with Crippen LogP contribution in [-0.2, 0) is 9.47 Å². The Hall–Kier alpha value is -2.11. The van der Waals surface area contributed by atoms with Crippen LogP contribution in [0.4, 0.5) is 26.5 Å². The highest BCUT2D eigenvalue weighted by atomic mass is 35.6. The predicted molar refractivity (Wildman–Crippen MR) is 126 cm³/mol. The average Bonchev–Trinajstić information content (AvgIpc) is 2.78. The van der Waals surface area contributed by atoms with Gasteiger partial charge in [0.1, 0.15) is 24.1 Å². The summed E-state index contributed by atoms with van der Waals surface area (Å²) in [5.41, 5.74) is 0.908. The molecule has 33 heavy (non-hydrogen) atoms. The number of hydrogen-bond acceptors (Lipinski definition) is 8. The number of aliphatic hydroxyl groups excluding tert-OH is 1. The first-order chi connectivity index (χ1) is 15.7. The number of nitrogens with zero attached hydrogens (tertiary/aromatic N) is 3. The number of benzene rings is 1. The van der Waals surface area contributed by atoms with Crippen LogP contribution in [0.1, 0.15) is 5.56 Å². The Morgan fingerprint density at radius 2 is 2.00 bits per heavy atom. The third-order valence-corrected chi connectivity index (χ3v) is 4.95. The molecule has 0 bridgehead atoms. The molecule has 1 amide bonds. The van der Waals surface area contributed by atoms with Crippen molar-refractivity contribution in [3.05, 3.63) is 29.6 Å². The zero-order chi connectivity index (χ0) is 24.0. The van der Waals surface area contributed by atoms with Crippen molar-refractivity contribution in [2.75, 3.05) is 61.6 Å². The highest BCUT2D eigenvalue weighted by Crippen LogP contribution is 2.30. The van der Waals surface area contributed by atoms with Crippen LogP contribution in [0.25, 0.3) is 11.4 Å². The summed E-state index contributed by atoms with van der Waals surface area (Å²) < 4.78 is 23.0. The molecule has 3 rings (SSSR count). The minimum Gasteiger partial charge on any atom is -0.445 e. The van der Waals surface area contributed by atoms with Crippen LogP contribution in [0.15, 0.2) is 18.2 Å². The maximum absolute atomic E-state index is 14.5. The third kappa shape index (κ3) is 7.44. The topological polar surface area (TPSA) is 109 Å². The van der Waals surface area contributed by atoms with E-state index in [1.54, 1.807) is 13.0 Å². The molecule has 1 saturated heterocycles. The second-order valence-corrected chi connectivity index (χ2v) is 9.66. The van der Waals surface area contributed by atoms with Gasteiger partial charge >= 0.3 is 6.09 Å². The molecule has 0 aliphatic carbocycles. The van der Waals surface area contributed by atoms with Gasteiger partial charge in [0, 0.05) is 31.3 Å². The molecule has 1 aliphatic rings. The number of aliphatic hydroxyl groups is 1. The van der Waals surface area contributed by atoms with E-state index in [0.717, 1.165) is 0 Å². The minimum absolute atomic E-state index is 0.0772. The van der Waals surface area contributed by atoms with Crippen molar-refractivity contribution >= 4 is 58.2 Å². The molecule has 13 heteroatoms. The Labute approximate surface area is 205 Å². The lowest BCUT2D eigenvalue weighted by atomic mass is 10.1. The predicted octanol–water partition coefficient (Wildman–Crippen LogP) is 3.75. The molecule has 0 spiro atoms. The Balaban J connectivity index is 1.93. The molecule has 2 heterocycles. The SMILES string of the molecule is Cc1cc(F)c(NC(=O)OCC(Cl)(Cl)Cl)cc1-c1nc(NCCO)cc(N2CCOCC2)n1. The third-order valence-electron chi connectivity index (χ3n) is 4.62. The van der Waals surface area contributed by atoms with Crippen molar-refractivity contribution in [3.8, 4) is 11.4 Å². The van der Waals surface area contributed by atoms with Gasteiger partial charge in [-0.1, -0.05) is 34.8 Å². The first-order valence-corrected chi connectivity index (χ1v) is 11.2. The van der Waals surface area contributed by atoms with Crippen LogP contribution in [-0.4, -0.2) is 71.0 Å². The molecule has 0 saturated carbocycles. The standard InChI is InChI=1S/C20H23Cl3FN5O4/c1-12-8-14(24)15(26-19(31)33-11-20(21,22)23)9-13(12)18-27-16(25-2-5-30)10-17(28-18)29-3-6-32-7-4-29/h8-10,30H,2-7,11H2,1H3,(H,26,31)(H,25,27,28). The lowest BCUT2D eigenvalue weighted by Gasteiger charge is -2.28. The van der Waals surface area contributed by atoms with Crippen LogP contribution in [0, 0.1) is 12.7 Å². The molecule has 1 fully saturated rings. The fourth-order valence-electron chi connectivity index (χ4n) is 3.09. The van der Waals surface area contributed by atoms with Crippen LogP contribution in [0.3, 0.4) is 0 Å². The fraction of sp³-hybridized carbons (Fsp3) is 0.450. The van der Waals surface area contributed by atoms with E-state index in [1.165, 1.54) is 12.1 Å². The second-order valence-electron chi connectivity index (χ2n) is 7.15. The average molecular weight is 523 g/mol. The second kappa shape index (κ2) is 11.3. The van der Waals surface area contributed by atoms with Crippen molar-refractivity contribution in [2.24, 2.45) is 0 Å². The van der Waals surface area contributed by atoms with Gasteiger partial charge in [-0.05, 0) is 24.6 Å². The Morgan fingerprint density at radius 1 is 1.27 bits per heavy atom. The summed E-state index contributed by atoms with van der Waals surface area (Å²) >= 11 is 16.7. The number of carbonyl (C=O) groups is 1. The molecule has 1 aromatic carbocycles. The van der Waals surface area contributed by atoms with Gasteiger partial charge in [0.15, 0.2) is 5.82 Å². The van der Waals surface area contributed by atoms with E-state index in [-0.39, 0.29) is 12.3 Å². The number of rotatable bonds is 7. The van der Waals surface area contributed by atoms with E-state index in [4.69, 9.17) is 49.4 Å². The highest BCUT2D eigenvalue weighted by molar-refractivity contribution is 6.67. The van der Waals surface area contributed by atoms with Crippen LogP contribution >= 0.6 is 34.8 Å². The van der Waals surface area contributed by atoms with Gasteiger partial charge in [0.2, 0.25) is 3.79 Å². The Kier molecular flexibility index (Phi) is 8.77. The Morgan fingerprint density at radius 3 is 2.67 bits per heavy atom. The van der Waals surface area contributed by atoms with Gasteiger partial charge in [-0.2, -0.15) is 0 Å². The normalized spacial score (nSPS) is 14.2. The lowest BCUT2D eigenvalue weighted by molar-refractivity contribution is 0.122. The molecule has 0 atom stereocenters. The quantitative estimate of drug-likeness (QED) is 0.472. The molecular weight excluding hydrogens is 500 g/mol. The molecule has 0 radical (unpaired) electrons. The number of hydrogen-bond donors (Lipinski definition) is 3. The van der Waals surface area contributed by atoms with Crippen LogP contribution in [0.5, 0.6) is 0 Å². The highest BCUT2D eigenvalue weighted by Gasteiger charge is 2.23. The van der Waals surface area contributed by atoms with E-state index in [0.29, 0.717) is 61.4 Å². The number of anilines is 3. The van der Waals surface area contributed by atoms with Crippen LogP contribution < -0.4 is 15.5 Å².